The van der Waals surface area contributed by atoms with Crippen molar-refractivity contribution >= 4 is 34.7 Å². The Kier molecular flexibility index (Phi) is 5.61. The highest BCUT2D eigenvalue weighted by molar-refractivity contribution is 6.30. The number of carbonyl (C=O) groups is 1. The molecule has 164 valence electrons. The molecule has 5 heteroatoms. The lowest BCUT2D eigenvalue weighted by Gasteiger charge is -2.41. The zero-order chi connectivity index (χ0) is 22.9. The summed E-state index contributed by atoms with van der Waals surface area (Å²) in [4.78, 5) is 15.2. The number of nitrogens with one attached hydrogen (secondary N) is 1. The van der Waals surface area contributed by atoms with Crippen molar-refractivity contribution in [3.63, 3.8) is 0 Å². The number of halogens is 1. The predicted molar refractivity (Wildman–Crippen MR) is 133 cm³/mol. The number of hydrogen-bond acceptors (Lipinski definition) is 3. The monoisotopic (exact) mass is 454 g/mol. The highest BCUT2D eigenvalue weighted by Gasteiger charge is 2.43. The van der Waals surface area contributed by atoms with Crippen LogP contribution in [0, 0.1) is 5.41 Å². The smallest absolute Gasteiger partial charge is 0.161 e. The first kappa shape index (κ1) is 21.2. The fraction of sp³-hybridized carbons (Fsp3) is 0.143. The minimum Gasteiger partial charge on any atom is -0.507 e. The number of aliphatic hydroxyl groups excluding tert-OH is 1. The molecule has 0 fully saturated rings. The first-order chi connectivity index (χ1) is 16.1. The Balaban J connectivity index is 1.82. The Morgan fingerprint density at radius 3 is 2.21 bits per heavy atom. The van der Waals surface area contributed by atoms with Gasteiger partial charge in [0.1, 0.15) is 11.6 Å². The molecule has 5 rings (SSSR count). The van der Waals surface area contributed by atoms with Crippen molar-refractivity contribution in [1.82, 2.24) is 0 Å². The van der Waals surface area contributed by atoms with E-state index in [0.717, 1.165) is 23.4 Å². The van der Waals surface area contributed by atoms with E-state index in [0.29, 0.717) is 34.6 Å². The Hall–Kier alpha value is -3.63. The van der Waals surface area contributed by atoms with E-state index in [1.807, 2.05) is 72.8 Å². The van der Waals surface area contributed by atoms with Gasteiger partial charge < -0.3 is 5.11 Å². The first-order valence-corrected chi connectivity index (χ1v) is 11.4. The van der Waals surface area contributed by atoms with Crippen molar-refractivity contribution in [2.45, 2.75) is 25.2 Å². The fourth-order valence-electron chi connectivity index (χ4n) is 4.80. The van der Waals surface area contributed by atoms with Crippen LogP contribution < -0.4 is 4.90 Å². The lowest BCUT2D eigenvalue weighted by Crippen LogP contribution is -2.42. The zero-order valence-corrected chi connectivity index (χ0v) is 18.7. The highest BCUT2D eigenvalue weighted by atomic mass is 35.5. The topological polar surface area (TPSA) is 64.4 Å². The second-order valence-electron chi connectivity index (χ2n) is 8.27. The summed E-state index contributed by atoms with van der Waals surface area (Å²) in [6, 6.07) is 26.2. The molecule has 1 aliphatic heterocycles. The third-order valence-corrected chi connectivity index (χ3v) is 6.53. The van der Waals surface area contributed by atoms with Gasteiger partial charge in [0.2, 0.25) is 0 Å². The minimum absolute atomic E-state index is 0.0124. The van der Waals surface area contributed by atoms with Crippen LogP contribution >= 0.6 is 11.6 Å². The molecule has 3 aromatic carbocycles. The lowest BCUT2D eigenvalue weighted by molar-refractivity contribution is -0.116. The molecule has 0 bridgehead atoms. The molecule has 0 unspecified atom stereocenters. The third-order valence-electron chi connectivity index (χ3n) is 6.27. The van der Waals surface area contributed by atoms with Gasteiger partial charge in [-0.15, -0.1) is 0 Å². The van der Waals surface area contributed by atoms with Gasteiger partial charge in [0.25, 0.3) is 0 Å². The Bertz CT molecular complexity index is 1280. The summed E-state index contributed by atoms with van der Waals surface area (Å²) >= 11 is 6.12. The van der Waals surface area contributed by atoms with E-state index in [2.05, 4.69) is 0 Å². The normalized spacial score (nSPS) is 20.0. The summed E-state index contributed by atoms with van der Waals surface area (Å²) in [6.07, 6.45) is 1.89. The van der Waals surface area contributed by atoms with Gasteiger partial charge in [-0.3, -0.25) is 15.1 Å². The van der Waals surface area contributed by atoms with Crippen LogP contribution in [-0.2, 0) is 4.79 Å². The molecule has 0 spiro atoms. The number of allylic oxidation sites excluding steroid dienone is 2. The van der Waals surface area contributed by atoms with Gasteiger partial charge in [-0.2, -0.15) is 0 Å². The van der Waals surface area contributed by atoms with Gasteiger partial charge in [0.15, 0.2) is 5.78 Å². The Morgan fingerprint density at radius 2 is 1.55 bits per heavy atom. The minimum atomic E-state index is -0.509. The summed E-state index contributed by atoms with van der Waals surface area (Å²) in [7, 11) is 0. The van der Waals surface area contributed by atoms with E-state index in [-0.39, 0.29) is 17.4 Å². The maximum Gasteiger partial charge on any atom is 0.161 e. The van der Waals surface area contributed by atoms with Crippen LogP contribution in [0.15, 0.2) is 102 Å². The average Bonchev–Trinajstić information content (AvgIpc) is 2.85. The molecule has 0 saturated heterocycles. The van der Waals surface area contributed by atoms with E-state index >= 15 is 0 Å². The van der Waals surface area contributed by atoms with E-state index in [9.17, 15) is 15.3 Å². The van der Waals surface area contributed by atoms with E-state index in [4.69, 9.17) is 11.6 Å². The van der Waals surface area contributed by atoms with Crippen LogP contribution in [0.4, 0.5) is 5.69 Å². The maximum absolute atomic E-state index is 13.4. The van der Waals surface area contributed by atoms with Gasteiger partial charge in [-0.05, 0) is 42.7 Å². The van der Waals surface area contributed by atoms with Crippen molar-refractivity contribution in [2.24, 2.45) is 0 Å². The number of rotatable bonds is 3. The van der Waals surface area contributed by atoms with Crippen molar-refractivity contribution in [3.8, 4) is 0 Å². The molecule has 1 atom stereocenters. The van der Waals surface area contributed by atoms with E-state index in [1.165, 1.54) is 0 Å². The fourth-order valence-corrected chi connectivity index (χ4v) is 4.92. The standard InChI is InChI=1S/C28H23ClN2O2/c29-20-14-16-21(17-15-20)31-22-12-7-13-23(32)25(22)24(18-8-3-1-4-9-18)26(28(31)30)27(33)19-10-5-2-6-11-19/h1-6,8-11,14-17,24,30,33H,7,12-13H2/b27-26+,30-28?/t24-/m1/s1. The number of carbonyl (C=O) groups excluding carboxylic acids is 1. The Morgan fingerprint density at radius 1 is 0.909 bits per heavy atom. The molecule has 0 saturated carbocycles. The van der Waals surface area contributed by atoms with Crippen LogP contribution in [0.1, 0.15) is 36.3 Å². The molecule has 33 heavy (non-hydrogen) atoms. The molecule has 3 aromatic rings. The number of Topliss-reactive ketones (excluding diaryl/α,β-unsaturated/α-hetero) is 1. The quantitative estimate of drug-likeness (QED) is 0.423. The summed E-state index contributed by atoms with van der Waals surface area (Å²) in [6.45, 7) is 0. The number of ketones is 1. The molecule has 4 nitrogen and oxygen atoms in total. The second kappa shape index (κ2) is 8.72. The number of aliphatic hydroxyl groups is 1. The van der Waals surface area contributed by atoms with Crippen LogP contribution in [-0.4, -0.2) is 16.7 Å². The van der Waals surface area contributed by atoms with Crippen LogP contribution in [0.25, 0.3) is 5.76 Å². The lowest BCUT2D eigenvalue weighted by atomic mass is 9.73. The van der Waals surface area contributed by atoms with Gasteiger partial charge in [0.05, 0.1) is 0 Å². The predicted octanol–water partition coefficient (Wildman–Crippen LogP) is 6.90. The van der Waals surface area contributed by atoms with E-state index < -0.39 is 5.92 Å². The molecule has 0 aromatic heterocycles. The highest BCUT2D eigenvalue weighted by Crippen LogP contribution is 2.47. The summed E-state index contributed by atoms with van der Waals surface area (Å²) in [5.74, 6) is -0.264. The molecule has 2 N–H and O–H groups in total. The van der Waals surface area contributed by atoms with E-state index in [1.54, 1.807) is 17.0 Å². The SMILES string of the molecule is N=C1/C(=C(/O)c2ccccc2)[C@H](c2ccccc2)C2=C(CCCC2=O)N1c1ccc(Cl)cc1. The molecule has 1 heterocycles. The molecular weight excluding hydrogens is 432 g/mol. The van der Waals surface area contributed by atoms with Crippen molar-refractivity contribution < 1.29 is 9.90 Å². The number of amidine groups is 1. The molecule has 0 radical (unpaired) electrons. The molecule has 0 amide bonds. The summed E-state index contributed by atoms with van der Waals surface area (Å²) < 4.78 is 0. The first-order valence-electron chi connectivity index (χ1n) is 11.0. The van der Waals surface area contributed by atoms with Gasteiger partial charge in [0, 0.05) is 45.5 Å². The largest absolute Gasteiger partial charge is 0.507 e. The third kappa shape index (κ3) is 3.77. The number of nitrogens with zero attached hydrogens (tertiary/aromatic N) is 1. The zero-order valence-electron chi connectivity index (χ0n) is 18.0. The summed E-state index contributed by atoms with van der Waals surface area (Å²) in [5, 5.41) is 21.4. The van der Waals surface area contributed by atoms with Crippen molar-refractivity contribution in [3.05, 3.63) is 118 Å². The van der Waals surface area contributed by atoms with Gasteiger partial charge in [-0.25, -0.2) is 0 Å². The van der Waals surface area contributed by atoms with Crippen molar-refractivity contribution in [2.75, 3.05) is 4.90 Å². The van der Waals surface area contributed by atoms with Crippen molar-refractivity contribution in [1.29, 1.82) is 5.41 Å². The number of anilines is 1. The number of hydrogen-bond donors (Lipinski definition) is 2. The molecule has 1 aliphatic carbocycles. The summed E-state index contributed by atoms with van der Waals surface area (Å²) in [5.41, 5.74) is 4.17. The molecule has 2 aliphatic rings. The average molecular weight is 455 g/mol. The Labute approximate surface area is 198 Å². The van der Waals surface area contributed by atoms with Gasteiger partial charge >= 0.3 is 0 Å². The van der Waals surface area contributed by atoms with Crippen LogP contribution in [0.3, 0.4) is 0 Å². The van der Waals surface area contributed by atoms with Crippen LogP contribution in [0.5, 0.6) is 0 Å². The second-order valence-corrected chi connectivity index (χ2v) is 8.71. The number of benzene rings is 3. The van der Waals surface area contributed by atoms with Gasteiger partial charge in [-0.1, -0.05) is 72.3 Å². The molecular formula is C28H23ClN2O2. The maximum atomic E-state index is 13.4. The van der Waals surface area contributed by atoms with Crippen LogP contribution in [0.2, 0.25) is 5.02 Å².